The summed E-state index contributed by atoms with van der Waals surface area (Å²) in [7, 11) is 0. The molecule has 0 aliphatic carbocycles. The number of piperazine rings is 1. The van der Waals surface area contributed by atoms with E-state index >= 15 is 0 Å². The molecule has 1 unspecified atom stereocenters. The molecular formula is C17H20Cl2N4O2. The first-order chi connectivity index (χ1) is 11.7. The van der Waals surface area contributed by atoms with Crippen molar-refractivity contribution in [1.29, 1.82) is 0 Å². The zero-order valence-electron chi connectivity index (χ0n) is 13.5. The number of urea groups is 1. The number of rotatable bonds is 4. The predicted molar refractivity (Wildman–Crippen MR) is 101 cm³/mol. The molecule has 1 aliphatic heterocycles. The van der Waals surface area contributed by atoms with Crippen LogP contribution in [-0.4, -0.2) is 48.2 Å². The van der Waals surface area contributed by atoms with Gasteiger partial charge in [-0.25, -0.2) is 4.79 Å². The van der Waals surface area contributed by atoms with Gasteiger partial charge in [0.05, 0.1) is 12.2 Å². The number of amides is 2. The van der Waals surface area contributed by atoms with Gasteiger partial charge in [0.15, 0.2) is 0 Å². The van der Waals surface area contributed by atoms with E-state index in [4.69, 9.17) is 16.3 Å². The number of anilines is 1. The Labute approximate surface area is 157 Å². The van der Waals surface area contributed by atoms with Gasteiger partial charge in [0.2, 0.25) is 0 Å². The van der Waals surface area contributed by atoms with Gasteiger partial charge < -0.3 is 20.3 Å². The number of pyridine rings is 1. The van der Waals surface area contributed by atoms with Crippen LogP contribution in [0.1, 0.15) is 0 Å². The minimum absolute atomic E-state index is 0. The second-order valence-electron chi connectivity index (χ2n) is 5.49. The molecule has 2 amide bonds. The van der Waals surface area contributed by atoms with Gasteiger partial charge in [-0.15, -0.1) is 12.4 Å². The molecule has 134 valence electrons. The first-order valence-corrected chi connectivity index (χ1v) is 8.17. The van der Waals surface area contributed by atoms with E-state index in [1.165, 1.54) is 0 Å². The summed E-state index contributed by atoms with van der Waals surface area (Å²) in [6.07, 6.45) is 3.36. The quantitative estimate of drug-likeness (QED) is 0.852. The van der Waals surface area contributed by atoms with Crippen LogP contribution < -0.4 is 15.4 Å². The number of hydrogen-bond donors (Lipinski definition) is 2. The second kappa shape index (κ2) is 9.46. The zero-order chi connectivity index (χ0) is 16.8. The lowest BCUT2D eigenvalue weighted by molar-refractivity contribution is 0.133. The standard InChI is InChI=1S/C17H19ClN4O2.ClH/c18-13-3-5-14(6-4-13)21-17(23)22-9-8-20-10-15(22)12-24-16-2-1-7-19-11-16;/h1-7,11,15,20H,8-10,12H2,(H,21,23);1H. The van der Waals surface area contributed by atoms with Crippen LogP contribution in [-0.2, 0) is 0 Å². The largest absolute Gasteiger partial charge is 0.490 e. The Balaban J connectivity index is 0.00000225. The summed E-state index contributed by atoms with van der Waals surface area (Å²) in [5.74, 6) is 0.695. The fourth-order valence-corrected chi connectivity index (χ4v) is 2.66. The molecule has 0 radical (unpaired) electrons. The monoisotopic (exact) mass is 382 g/mol. The molecule has 0 saturated carbocycles. The summed E-state index contributed by atoms with van der Waals surface area (Å²) in [4.78, 5) is 18.4. The minimum Gasteiger partial charge on any atom is -0.490 e. The molecule has 6 nitrogen and oxygen atoms in total. The van der Waals surface area contributed by atoms with Crippen LogP contribution in [0.3, 0.4) is 0 Å². The highest BCUT2D eigenvalue weighted by Gasteiger charge is 2.27. The molecule has 1 atom stereocenters. The molecule has 25 heavy (non-hydrogen) atoms. The number of carbonyl (C=O) groups is 1. The van der Waals surface area contributed by atoms with Gasteiger partial charge in [0, 0.05) is 36.5 Å². The van der Waals surface area contributed by atoms with E-state index in [0.717, 1.165) is 12.2 Å². The van der Waals surface area contributed by atoms with Crippen molar-refractivity contribution < 1.29 is 9.53 Å². The highest BCUT2D eigenvalue weighted by Crippen LogP contribution is 2.15. The van der Waals surface area contributed by atoms with Crippen molar-refractivity contribution in [3.63, 3.8) is 0 Å². The maximum Gasteiger partial charge on any atom is 0.322 e. The third kappa shape index (κ3) is 5.49. The molecule has 2 heterocycles. The number of nitrogens with zero attached hydrogens (tertiary/aromatic N) is 2. The van der Waals surface area contributed by atoms with Crippen molar-refractivity contribution in [2.24, 2.45) is 0 Å². The number of halogens is 2. The zero-order valence-corrected chi connectivity index (χ0v) is 15.1. The molecule has 0 bridgehead atoms. The van der Waals surface area contributed by atoms with Crippen LogP contribution in [0.5, 0.6) is 5.75 Å². The van der Waals surface area contributed by atoms with Gasteiger partial charge in [0.25, 0.3) is 0 Å². The Bertz CT molecular complexity index is 670. The summed E-state index contributed by atoms with van der Waals surface area (Å²) >= 11 is 5.87. The van der Waals surface area contributed by atoms with E-state index in [2.05, 4.69) is 15.6 Å². The Morgan fingerprint density at radius 2 is 2.16 bits per heavy atom. The van der Waals surface area contributed by atoms with Crippen molar-refractivity contribution in [3.05, 3.63) is 53.8 Å². The van der Waals surface area contributed by atoms with E-state index < -0.39 is 0 Å². The van der Waals surface area contributed by atoms with Gasteiger partial charge >= 0.3 is 6.03 Å². The molecule has 1 aliphatic rings. The molecule has 3 rings (SSSR count). The molecular weight excluding hydrogens is 363 g/mol. The Morgan fingerprint density at radius 3 is 2.88 bits per heavy atom. The van der Waals surface area contributed by atoms with E-state index in [-0.39, 0.29) is 24.5 Å². The molecule has 8 heteroatoms. The second-order valence-corrected chi connectivity index (χ2v) is 5.92. The van der Waals surface area contributed by atoms with Crippen LogP contribution in [0.2, 0.25) is 5.02 Å². The Kier molecular flexibility index (Phi) is 7.31. The molecule has 1 saturated heterocycles. The third-order valence-electron chi connectivity index (χ3n) is 3.78. The van der Waals surface area contributed by atoms with E-state index in [1.54, 1.807) is 41.6 Å². The van der Waals surface area contributed by atoms with Crippen LogP contribution in [0.15, 0.2) is 48.8 Å². The van der Waals surface area contributed by atoms with Gasteiger partial charge in [-0.3, -0.25) is 4.98 Å². The summed E-state index contributed by atoms with van der Waals surface area (Å²) in [6.45, 7) is 2.49. The first kappa shape index (κ1) is 19.3. The van der Waals surface area contributed by atoms with Crippen LogP contribution in [0.25, 0.3) is 0 Å². The van der Waals surface area contributed by atoms with Crippen LogP contribution in [0, 0.1) is 0 Å². The third-order valence-corrected chi connectivity index (χ3v) is 4.04. The maximum absolute atomic E-state index is 12.6. The summed E-state index contributed by atoms with van der Waals surface area (Å²) < 4.78 is 5.75. The number of carbonyl (C=O) groups excluding carboxylic acids is 1. The normalized spacial score (nSPS) is 16.7. The predicted octanol–water partition coefficient (Wildman–Crippen LogP) is 3.04. The fraction of sp³-hybridized carbons (Fsp3) is 0.294. The average Bonchev–Trinajstić information content (AvgIpc) is 2.63. The van der Waals surface area contributed by atoms with E-state index in [9.17, 15) is 4.79 Å². The van der Waals surface area contributed by atoms with E-state index in [0.29, 0.717) is 30.5 Å². The topological polar surface area (TPSA) is 66.5 Å². The van der Waals surface area contributed by atoms with E-state index in [1.807, 2.05) is 12.1 Å². The van der Waals surface area contributed by atoms with Gasteiger partial charge in [-0.05, 0) is 36.4 Å². The van der Waals surface area contributed by atoms with Crippen molar-refractivity contribution in [2.45, 2.75) is 6.04 Å². The van der Waals surface area contributed by atoms with Crippen molar-refractivity contribution in [2.75, 3.05) is 31.6 Å². The molecule has 1 fully saturated rings. The molecule has 2 N–H and O–H groups in total. The van der Waals surface area contributed by atoms with Crippen LogP contribution in [0.4, 0.5) is 10.5 Å². The lowest BCUT2D eigenvalue weighted by Gasteiger charge is -2.35. The average molecular weight is 383 g/mol. The Hall–Kier alpha value is -2.02. The summed E-state index contributed by atoms with van der Waals surface area (Å²) in [5.41, 5.74) is 0.717. The number of hydrogen-bond acceptors (Lipinski definition) is 4. The van der Waals surface area contributed by atoms with Crippen molar-refractivity contribution in [3.8, 4) is 5.75 Å². The molecule has 1 aromatic heterocycles. The van der Waals surface area contributed by atoms with Gasteiger partial charge in [0.1, 0.15) is 12.4 Å². The SMILES string of the molecule is Cl.O=C(Nc1ccc(Cl)cc1)N1CCNCC1COc1cccnc1. The number of aromatic nitrogens is 1. The maximum atomic E-state index is 12.6. The van der Waals surface area contributed by atoms with Crippen molar-refractivity contribution in [1.82, 2.24) is 15.2 Å². The van der Waals surface area contributed by atoms with Crippen LogP contribution >= 0.6 is 24.0 Å². The lowest BCUT2D eigenvalue weighted by Crippen LogP contribution is -2.57. The molecule has 2 aromatic rings. The van der Waals surface area contributed by atoms with Gasteiger partial charge in [-0.2, -0.15) is 0 Å². The fourth-order valence-electron chi connectivity index (χ4n) is 2.53. The number of nitrogens with one attached hydrogen (secondary N) is 2. The molecule has 1 aromatic carbocycles. The summed E-state index contributed by atoms with van der Waals surface area (Å²) in [5, 5.41) is 6.83. The lowest BCUT2D eigenvalue weighted by atomic mass is 10.2. The Morgan fingerprint density at radius 1 is 1.36 bits per heavy atom. The van der Waals surface area contributed by atoms with Gasteiger partial charge in [-0.1, -0.05) is 11.6 Å². The number of ether oxygens (including phenoxy) is 1. The molecule has 0 spiro atoms. The number of benzene rings is 1. The minimum atomic E-state index is -0.140. The smallest absolute Gasteiger partial charge is 0.322 e. The van der Waals surface area contributed by atoms with Crippen molar-refractivity contribution >= 4 is 35.7 Å². The summed E-state index contributed by atoms with van der Waals surface area (Å²) in [6, 6.07) is 10.5. The highest BCUT2D eigenvalue weighted by atomic mass is 35.5. The highest BCUT2D eigenvalue weighted by molar-refractivity contribution is 6.30. The first-order valence-electron chi connectivity index (χ1n) is 7.79.